The first-order valence-corrected chi connectivity index (χ1v) is 18.3. The lowest BCUT2D eigenvalue weighted by Gasteiger charge is -2.08. The van der Waals surface area contributed by atoms with E-state index < -0.39 is 0 Å². The van der Waals surface area contributed by atoms with Crippen LogP contribution < -0.4 is 0 Å². The zero-order valence-corrected chi connectivity index (χ0v) is 29.9. The molecule has 0 spiro atoms. The average Bonchev–Trinajstić information content (AvgIpc) is 3.66. The van der Waals surface area contributed by atoms with Crippen LogP contribution in [0, 0.1) is 5.41 Å². The summed E-state index contributed by atoms with van der Waals surface area (Å²) in [6.45, 7) is 0. The van der Waals surface area contributed by atoms with Crippen molar-refractivity contribution in [2.24, 2.45) is 9.98 Å². The molecular formula is C51H35N3O. The second-order valence-corrected chi connectivity index (χ2v) is 13.4. The van der Waals surface area contributed by atoms with Crippen molar-refractivity contribution in [2.45, 2.75) is 0 Å². The third kappa shape index (κ3) is 6.81. The highest BCUT2D eigenvalue weighted by molar-refractivity contribution is 6.21. The van der Waals surface area contributed by atoms with E-state index in [0.29, 0.717) is 11.4 Å². The van der Waals surface area contributed by atoms with Gasteiger partial charge in [-0.2, -0.15) is 0 Å². The Hall–Kier alpha value is -7.43. The molecule has 0 unspecified atom stereocenters. The topological polar surface area (TPSA) is 61.7 Å². The molecule has 0 aliphatic rings. The number of rotatable bonds is 7. The Morgan fingerprint density at radius 1 is 0.436 bits per heavy atom. The normalized spacial score (nSPS) is 11.7. The summed E-state index contributed by atoms with van der Waals surface area (Å²) in [5.74, 6) is 0.578. The van der Waals surface area contributed by atoms with Gasteiger partial charge >= 0.3 is 0 Å². The van der Waals surface area contributed by atoms with E-state index in [-0.39, 0.29) is 5.84 Å². The third-order valence-corrected chi connectivity index (χ3v) is 9.87. The van der Waals surface area contributed by atoms with Gasteiger partial charge < -0.3 is 4.42 Å². The highest BCUT2D eigenvalue weighted by Crippen LogP contribution is 2.43. The fourth-order valence-electron chi connectivity index (χ4n) is 7.10. The fourth-order valence-corrected chi connectivity index (χ4v) is 7.10. The number of hydrogen-bond acceptors (Lipinski definition) is 2. The molecule has 0 atom stereocenters. The molecule has 0 saturated carbocycles. The quantitative estimate of drug-likeness (QED) is 0.130. The SMILES string of the molecule is N=C(N=C(N=Cc1ccc(-c2ccccc2)c2oc3c(-c4ccccc4)cc(-c4ccccc4)cc3c12)c1ccccc1)c1ccc(-c2ccccc2)cc1. The van der Waals surface area contributed by atoms with Crippen molar-refractivity contribution >= 4 is 39.8 Å². The van der Waals surface area contributed by atoms with E-state index in [1.165, 1.54) is 0 Å². The van der Waals surface area contributed by atoms with Gasteiger partial charge in [0.1, 0.15) is 11.2 Å². The summed E-state index contributed by atoms with van der Waals surface area (Å²) in [4.78, 5) is 9.85. The van der Waals surface area contributed by atoms with Crippen LogP contribution in [0.4, 0.5) is 0 Å². The molecule has 0 amide bonds. The van der Waals surface area contributed by atoms with Crippen LogP contribution in [0.15, 0.2) is 215 Å². The van der Waals surface area contributed by atoms with Crippen LogP contribution in [0.3, 0.4) is 0 Å². The van der Waals surface area contributed by atoms with E-state index >= 15 is 0 Å². The number of aliphatic imine (C=N–C) groups is 2. The highest BCUT2D eigenvalue weighted by Gasteiger charge is 2.20. The lowest BCUT2D eigenvalue weighted by atomic mass is 9.94. The maximum atomic E-state index is 9.04. The van der Waals surface area contributed by atoms with Gasteiger partial charge in [0.25, 0.3) is 0 Å². The van der Waals surface area contributed by atoms with Gasteiger partial charge in [-0.25, -0.2) is 9.98 Å². The summed E-state index contributed by atoms with van der Waals surface area (Å²) in [5.41, 5.74) is 12.6. The Morgan fingerprint density at radius 3 is 1.55 bits per heavy atom. The van der Waals surface area contributed by atoms with Crippen molar-refractivity contribution in [2.75, 3.05) is 0 Å². The van der Waals surface area contributed by atoms with E-state index in [1.807, 2.05) is 97.2 Å². The zero-order valence-electron chi connectivity index (χ0n) is 29.9. The molecule has 0 aliphatic carbocycles. The zero-order chi connectivity index (χ0) is 37.0. The van der Waals surface area contributed by atoms with Crippen LogP contribution in [0.1, 0.15) is 16.7 Å². The average molecular weight is 706 g/mol. The molecule has 55 heavy (non-hydrogen) atoms. The first-order chi connectivity index (χ1) is 27.2. The second kappa shape index (κ2) is 14.9. The number of benzene rings is 8. The molecule has 1 heterocycles. The van der Waals surface area contributed by atoms with Gasteiger partial charge in [0.15, 0.2) is 11.7 Å². The van der Waals surface area contributed by atoms with Gasteiger partial charge in [0.05, 0.1) is 0 Å². The van der Waals surface area contributed by atoms with Crippen molar-refractivity contribution in [1.29, 1.82) is 5.41 Å². The Labute approximate surface area is 320 Å². The summed E-state index contributed by atoms with van der Waals surface area (Å²) >= 11 is 0. The molecular weight excluding hydrogens is 671 g/mol. The molecule has 0 radical (unpaired) electrons. The van der Waals surface area contributed by atoms with Crippen LogP contribution in [-0.2, 0) is 0 Å². The molecule has 260 valence electrons. The number of hydrogen-bond donors (Lipinski definition) is 1. The minimum atomic E-state index is 0.133. The van der Waals surface area contributed by atoms with Gasteiger partial charge in [0.2, 0.25) is 0 Å². The molecule has 1 N–H and O–H groups in total. The number of nitrogens with zero attached hydrogens (tertiary/aromatic N) is 2. The van der Waals surface area contributed by atoms with E-state index in [0.717, 1.165) is 77.6 Å². The fraction of sp³-hybridized carbons (Fsp3) is 0. The second-order valence-electron chi connectivity index (χ2n) is 13.4. The van der Waals surface area contributed by atoms with Gasteiger partial charge in [-0.3, -0.25) is 5.41 Å². The van der Waals surface area contributed by atoms with Gasteiger partial charge in [-0.15, -0.1) is 0 Å². The highest BCUT2D eigenvalue weighted by atomic mass is 16.3. The largest absolute Gasteiger partial charge is 0.455 e. The van der Waals surface area contributed by atoms with Crippen molar-refractivity contribution < 1.29 is 4.42 Å². The van der Waals surface area contributed by atoms with Crippen LogP contribution in [-0.4, -0.2) is 17.9 Å². The van der Waals surface area contributed by atoms with Crippen LogP contribution in [0.2, 0.25) is 0 Å². The lowest BCUT2D eigenvalue weighted by Crippen LogP contribution is -2.04. The molecule has 9 aromatic rings. The van der Waals surface area contributed by atoms with E-state index in [2.05, 4.69) is 109 Å². The molecule has 0 bridgehead atoms. The Kier molecular flexibility index (Phi) is 9.05. The summed E-state index contributed by atoms with van der Waals surface area (Å²) in [5, 5.41) is 11.0. The van der Waals surface area contributed by atoms with Crippen molar-refractivity contribution in [1.82, 2.24) is 0 Å². The first kappa shape index (κ1) is 33.4. The van der Waals surface area contributed by atoms with Crippen molar-refractivity contribution in [3.05, 3.63) is 217 Å². The number of nitrogens with one attached hydrogen (secondary N) is 1. The Bertz CT molecular complexity index is 2830. The van der Waals surface area contributed by atoms with Crippen molar-refractivity contribution in [3.63, 3.8) is 0 Å². The molecule has 0 aliphatic heterocycles. The predicted molar refractivity (Wildman–Crippen MR) is 229 cm³/mol. The summed E-state index contributed by atoms with van der Waals surface area (Å²) in [6, 6.07) is 67.9. The van der Waals surface area contributed by atoms with Crippen molar-refractivity contribution in [3.8, 4) is 44.5 Å². The van der Waals surface area contributed by atoms with Crippen LogP contribution in [0.25, 0.3) is 66.4 Å². The molecule has 9 rings (SSSR count). The predicted octanol–water partition coefficient (Wildman–Crippen LogP) is 13.1. The minimum absolute atomic E-state index is 0.133. The van der Waals surface area contributed by atoms with E-state index in [4.69, 9.17) is 19.8 Å². The third-order valence-electron chi connectivity index (χ3n) is 9.87. The standard InChI is InChI=1S/C51H35N3O/c52-50(40-28-26-37(27-29-40)35-16-6-1-7-17-35)54-51(41-24-14-5-15-25-41)53-34-42-30-31-44(38-20-10-3-11-21-38)49-47(42)46-33-43(36-18-8-2-9-19-36)32-45(48(46)55-49)39-22-12-4-13-23-39/h1-34,52H. The molecule has 1 aromatic heterocycles. The summed E-state index contributed by atoms with van der Waals surface area (Å²) < 4.78 is 6.98. The van der Waals surface area contributed by atoms with E-state index in [1.54, 1.807) is 0 Å². The Balaban J connectivity index is 1.22. The van der Waals surface area contributed by atoms with Gasteiger partial charge in [0, 0.05) is 44.8 Å². The maximum absolute atomic E-state index is 9.04. The monoisotopic (exact) mass is 705 g/mol. The number of furan rings is 1. The minimum Gasteiger partial charge on any atom is -0.455 e. The Morgan fingerprint density at radius 2 is 0.945 bits per heavy atom. The molecule has 0 fully saturated rings. The molecule has 4 nitrogen and oxygen atoms in total. The van der Waals surface area contributed by atoms with Gasteiger partial charge in [-0.1, -0.05) is 182 Å². The lowest BCUT2D eigenvalue weighted by molar-refractivity contribution is 0.671. The molecule has 4 heteroatoms. The maximum Gasteiger partial charge on any atom is 0.161 e. The van der Waals surface area contributed by atoms with Gasteiger partial charge in [-0.05, 0) is 51.6 Å². The number of fused-ring (bicyclic) bond motifs is 3. The summed E-state index contributed by atoms with van der Waals surface area (Å²) in [6.07, 6.45) is 1.86. The van der Waals surface area contributed by atoms with Crippen LogP contribution >= 0.6 is 0 Å². The number of amidine groups is 2. The first-order valence-electron chi connectivity index (χ1n) is 18.3. The van der Waals surface area contributed by atoms with E-state index in [9.17, 15) is 0 Å². The smallest absolute Gasteiger partial charge is 0.161 e. The van der Waals surface area contributed by atoms with Crippen LogP contribution in [0.5, 0.6) is 0 Å². The molecule has 0 saturated heterocycles. The summed E-state index contributed by atoms with van der Waals surface area (Å²) in [7, 11) is 0. The molecule has 8 aromatic carbocycles.